The molecule has 0 aliphatic heterocycles. The Balaban J connectivity index is 2.09. The molecular weight excluding hydrogens is 341 g/mol. The van der Waals surface area contributed by atoms with Crippen LogP contribution in [-0.4, -0.2) is 21.7 Å². The fraction of sp³-hybridized carbons (Fsp3) is 0.158. The maximum absolute atomic E-state index is 13.2. The van der Waals surface area contributed by atoms with Crippen LogP contribution >= 0.6 is 11.6 Å². The van der Waals surface area contributed by atoms with E-state index in [1.54, 1.807) is 47.1 Å². The quantitative estimate of drug-likeness (QED) is 0.748. The summed E-state index contributed by atoms with van der Waals surface area (Å²) in [7, 11) is 0. The van der Waals surface area contributed by atoms with E-state index in [-0.39, 0.29) is 17.8 Å². The van der Waals surface area contributed by atoms with Crippen LogP contribution in [0.15, 0.2) is 54.6 Å². The van der Waals surface area contributed by atoms with E-state index in [2.05, 4.69) is 10.4 Å². The van der Waals surface area contributed by atoms with Gasteiger partial charge in [-0.1, -0.05) is 11.6 Å². The Labute approximate surface area is 150 Å². The number of carbonyl (C=O) groups excluding carboxylic acids is 1. The van der Waals surface area contributed by atoms with E-state index in [9.17, 15) is 9.18 Å². The third kappa shape index (κ3) is 3.88. The fourth-order valence-corrected chi connectivity index (χ4v) is 2.55. The molecule has 1 amide bonds. The summed E-state index contributed by atoms with van der Waals surface area (Å²) in [5.41, 5.74) is 2.43. The number of nitrogens with zero attached hydrogens (tertiary/aromatic N) is 2. The average Bonchev–Trinajstić information content (AvgIpc) is 3.01. The van der Waals surface area contributed by atoms with Gasteiger partial charge in [0.25, 0.3) is 5.91 Å². The van der Waals surface area contributed by atoms with Crippen molar-refractivity contribution < 1.29 is 9.18 Å². The highest BCUT2D eigenvalue weighted by atomic mass is 35.5. The summed E-state index contributed by atoms with van der Waals surface area (Å²) in [6.07, 6.45) is 0. The second-order valence-electron chi connectivity index (χ2n) is 5.94. The third-order valence-electron chi connectivity index (χ3n) is 3.57. The van der Waals surface area contributed by atoms with Gasteiger partial charge >= 0.3 is 0 Å². The minimum absolute atomic E-state index is 0.00432. The first kappa shape index (κ1) is 17.2. The second-order valence-corrected chi connectivity index (χ2v) is 6.37. The van der Waals surface area contributed by atoms with Crippen LogP contribution < -0.4 is 5.32 Å². The Morgan fingerprint density at radius 1 is 1.12 bits per heavy atom. The molecule has 3 aromatic rings. The van der Waals surface area contributed by atoms with E-state index >= 15 is 0 Å². The first-order chi connectivity index (χ1) is 11.9. The Hall–Kier alpha value is -2.66. The first-order valence-electron chi connectivity index (χ1n) is 7.87. The number of benzene rings is 2. The highest BCUT2D eigenvalue weighted by Crippen LogP contribution is 2.23. The number of hydrogen-bond acceptors (Lipinski definition) is 2. The number of halogens is 2. The van der Waals surface area contributed by atoms with Gasteiger partial charge in [-0.15, -0.1) is 0 Å². The molecule has 0 atom stereocenters. The van der Waals surface area contributed by atoms with Gasteiger partial charge in [0.2, 0.25) is 0 Å². The van der Waals surface area contributed by atoms with Crippen molar-refractivity contribution >= 4 is 17.5 Å². The molecule has 0 fully saturated rings. The van der Waals surface area contributed by atoms with E-state index in [1.165, 1.54) is 12.1 Å². The van der Waals surface area contributed by atoms with Crippen molar-refractivity contribution in [2.45, 2.75) is 19.9 Å². The summed E-state index contributed by atoms with van der Waals surface area (Å²) in [5.74, 6) is -0.551. The number of rotatable bonds is 4. The molecule has 6 heteroatoms. The summed E-state index contributed by atoms with van der Waals surface area (Å²) in [4.78, 5) is 12.6. The largest absolute Gasteiger partial charge is 0.349 e. The molecule has 1 heterocycles. The van der Waals surface area contributed by atoms with Gasteiger partial charge in [-0.3, -0.25) is 4.79 Å². The molecule has 3 rings (SSSR count). The molecule has 0 aliphatic carbocycles. The van der Waals surface area contributed by atoms with Gasteiger partial charge in [0.15, 0.2) is 0 Å². The van der Waals surface area contributed by atoms with Crippen LogP contribution in [0.1, 0.15) is 24.3 Å². The maximum Gasteiger partial charge on any atom is 0.270 e. The zero-order valence-electron chi connectivity index (χ0n) is 13.8. The minimum atomic E-state index is -0.321. The lowest BCUT2D eigenvalue weighted by Crippen LogP contribution is -2.31. The van der Waals surface area contributed by atoms with E-state index in [0.29, 0.717) is 22.1 Å². The Morgan fingerprint density at radius 2 is 1.76 bits per heavy atom. The lowest BCUT2D eigenvalue weighted by molar-refractivity contribution is 0.0935. The summed E-state index contributed by atoms with van der Waals surface area (Å²) in [6.45, 7) is 3.78. The molecule has 2 aromatic carbocycles. The standard InChI is InChI=1S/C19H17ClFN3O/c1-12(2)22-19(25)18-11-17(13-3-7-15(21)8-4-13)23-24(18)16-9-5-14(20)6-10-16/h3-12H,1-2H3,(H,22,25). The molecular formula is C19H17ClFN3O. The number of hydrogen-bond donors (Lipinski definition) is 1. The van der Waals surface area contributed by atoms with Crippen molar-refractivity contribution in [3.05, 3.63) is 71.1 Å². The van der Waals surface area contributed by atoms with E-state index < -0.39 is 0 Å². The van der Waals surface area contributed by atoms with E-state index in [4.69, 9.17) is 11.6 Å². The van der Waals surface area contributed by atoms with Crippen LogP contribution in [0.3, 0.4) is 0 Å². The van der Waals surface area contributed by atoms with Gasteiger partial charge in [0, 0.05) is 16.6 Å². The Bertz CT molecular complexity index is 886. The topological polar surface area (TPSA) is 46.9 Å². The van der Waals surface area contributed by atoms with Gasteiger partial charge < -0.3 is 5.32 Å². The zero-order chi connectivity index (χ0) is 18.0. The molecule has 128 valence electrons. The SMILES string of the molecule is CC(C)NC(=O)c1cc(-c2ccc(F)cc2)nn1-c1ccc(Cl)cc1. The predicted molar refractivity (Wildman–Crippen MR) is 96.6 cm³/mol. The Morgan fingerprint density at radius 3 is 2.36 bits per heavy atom. The summed E-state index contributed by atoms with van der Waals surface area (Å²) in [6, 6.07) is 14.7. The maximum atomic E-state index is 13.2. The molecule has 0 saturated carbocycles. The van der Waals surface area contributed by atoms with Crippen molar-refractivity contribution in [1.29, 1.82) is 0 Å². The van der Waals surface area contributed by atoms with Crippen molar-refractivity contribution in [3.8, 4) is 16.9 Å². The summed E-state index contributed by atoms with van der Waals surface area (Å²) in [5, 5.41) is 8.00. The molecule has 0 aliphatic rings. The number of amides is 1. The second kappa shape index (κ2) is 7.07. The molecule has 25 heavy (non-hydrogen) atoms. The van der Waals surface area contributed by atoms with Crippen LogP contribution in [0.2, 0.25) is 5.02 Å². The summed E-state index contributed by atoms with van der Waals surface area (Å²) < 4.78 is 14.7. The molecule has 0 unspecified atom stereocenters. The van der Waals surface area contributed by atoms with Crippen molar-refractivity contribution in [2.75, 3.05) is 0 Å². The fourth-order valence-electron chi connectivity index (χ4n) is 2.42. The highest BCUT2D eigenvalue weighted by Gasteiger charge is 2.18. The van der Waals surface area contributed by atoms with Gasteiger partial charge in [-0.25, -0.2) is 9.07 Å². The van der Waals surface area contributed by atoms with Crippen LogP contribution in [0.25, 0.3) is 16.9 Å². The molecule has 0 radical (unpaired) electrons. The summed E-state index contributed by atoms with van der Waals surface area (Å²) >= 11 is 5.94. The predicted octanol–water partition coefficient (Wildman–Crippen LogP) is 4.47. The zero-order valence-corrected chi connectivity index (χ0v) is 14.6. The van der Waals surface area contributed by atoms with Gasteiger partial charge in [-0.05, 0) is 68.4 Å². The Kier molecular flexibility index (Phi) is 4.86. The van der Waals surface area contributed by atoms with Crippen molar-refractivity contribution in [2.24, 2.45) is 0 Å². The lowest BCUT2D eigenvalue weighted by atomic mass is 10.1. The van der Waals surface area contributed by atoms with Crippen LogP contribution in [-0.2, 0) is 0 Å². The van der Waals surface area contributed by atoms with Crippen LogP contribution in [0.5, 0.6) is 0 Å². The highest BCUT2D eigenvalue weighted by molar-refractivity contribution is 6.30. The van der Waals surface area contributed by atoms with Crippen molar-refractivity contribution in [3.63, 3.8) is 0 Å². The molecule has 0 spiro atoms. The van der Waals surface area contributed by atoms with Gasteiger partial charge in [-0.2, -0.15) is 5.10 Å². The van der Waals surface area contributed by atoms with Gasteiger partial charge in [0.1, 0.15) is 11.5 Å². The van der Waals surface area contributed by atoms with Gasteiger partial charge in [0.05, 0.1) is 11.4 Å². The third-order valence-corrected chi connectivity index (χ3v) is 3.82. The number of aromatic nitrogens is 2. The van der Waals surface area contributed by atoms with E-state index in [1.807, 2.05) is 13.8 Å². The first-order valence-corrected chi connectivity index (χ1v) is 8.24. The molecule has 1 aromatic heterocycles. The number of carbonyl (C=O) groups is 1. The molecule has 0 saturated heterocycles. The molecule has 4 nitrogen and oxygen atoms in total. The lowest BCUT2D eigenvalue weighted by Gasteiger charge is -2.10. The van der Waals surface area contributed by atoms with Crippen molar-refractivity contribution in [1.82, 2.24) is 15.1 Å². The smallest absolute Gasteiger partial charge is 0.270 e. The monoisotopic (exact) mass is 357 g/mol. The van der Waals surface area contributed by atoms with E-state index in [0.717, 1.165) is 5.56 Å². The molecule has 1 N–H and O–H groups in total. The van der Waals surface area contributed by atoms with Crippen LogP contribution in [0.4, 0.5) is 4.39 Å². The van der Waals surface area contributed by atoms with Crippen LogP contribution in [0, 0.1) is 5.82 Å². The average molecular weight is 358 g/mol. The minimum Gasteiger partial charge on any atom is -0.349 e. The number of nitrogens with one attached hydrogen (secondary N) is 1. The molecule has 0 bridgehead atoms. The normalized spacial score (nSPS) is 10.9.